The molecule has 0 aliphatic carbocycles. The van der Waals surface area contributed by atoms with E-state index in [0.29, 0.717) is 6.61 Å². The van der Waals surface area contributed by atoms with E-state index in [-0.39, 0.29) is 6.61 Å². The average molecular weight is 395 g/mol. The van der Waals surface area contributed by atoms with Crippen LogP contribution in [0.25, 0.3) is 0 Å². The molecule has 1 N–H and O–H groups in total. The molecule has 0 radical (unpaired) electrons. The van der Waals surface area contributed by atoms with Crippen LogP contribution in [0.3, 0.4) is 0 Å². The largest absolute Gasteiger partial charge is 0.442 e. The van der Waals surface area contributed by atoms with Gasteiger partial charge in [0.05, 0.1) is 13.2 Å². The van der Waals surface area contributed by atoms with Gasteiger partial charge >= 0.3 is 6.09 Å². The molecular weight excluding hydrogens is 366 g/mol. The van der Waals surface area contributed by atoms with Crippen molar-refractivity contribution >= 4 is 6.09 Å². The van der Waals surface area contributed by atoms with Gasteiger partial charge in [-0.1, -0.05) is 30.3 Å². The SMILES string of the molecule is CC(C)(C)OC(=O)NO[C@@H]1CO[C@H](OCc2ccccc2)[C@H]2OC(C)(C)O[C@@H]21. The van der Waals surface area contributed by atoms with Crippen LogP contribution >= 0.6 is 0 Å². The highest BCUT2D eigenvalue weighted by Crippen LogP contribution is 2.36. The Balaban J connectivity index is 1.58. The van der Waals surface area contributed by atoms with E-state index >= 15 is 0 Å². The summed E-state index contributed by atoms with van der Waals surface area (Å²) in [6.07, 6.45) is -2.79. The number of nitrogens with one attached hydrogen (secondary N) is 1. The molecule has 4 atom stereocenters. The highest BCUT2D eigenvalue weighted by atomic mass is 16.8. The lowest BCUT2D eigenvalue weighted by Crippen LogP contribution is -2.54. The maximum atomic E-state index is 11.8. The highest BCUT2D eigenvalue weighted by Gasteiger charge is 2.53. The van der Waals surface area contributed by atoms with E-state index in [0.717, 1.165) is 5.56 Å². The lowest BCUT2D eigenvalue weighted by atomic mass is 10.1. The van der Waals surface area contributed by atoms with Crippen molar-refractivity contribution in [3.8, 4) is 0 Å². The van der Waals surface area contributed by atoms with Gasteiger partial charge in [-0.3, -0.25) is 4.84 Å². The summed E-state index contributed by atoms with van der Waals surface area (Å²) in [4.78, 5) is 17.3. The van der Waals surface area contributed by atoms with E-state index in [1.165, 1.54) is 0 Å². The number of hydrogen-bond donors (Lipinski definition) is 1. The molecule has 0 saturated carbocycles. The third kappa shape index (κ3) is 5.65. The molecule has 1 amide bonds. The van der Waals surface area contributed by atoms with Crippen LogP contribution in [0.1, 0.15) is 40.2 Å². The van der Waals surface area contributed by atoms with Gasteiger partial charge in [-0.25, -0.2) is 4.79 Å². The Hall–Kier alpha value is -1.71. The van der Waals surface area contributed by atoms with Crippen molar-refractivity contribution in [3.63, 3.8) is 0 Å². The number of carbonyl (C=O) groups is 1. The summed E-state index contributed by atoms with van der Waals surface area (Å²) in [6.45, 7) is 9.53. The molecule has 0 unspecified atom stereocenters. The summed E-state index contributed by atoms with van der Waals surface area (Å²) in [6, 6.07) is 9.81. The molecule has 8 nitrogen and oxygen atoms in total. The molecule has 2 heterocycles. The Bertz CT molecular complexity index is 658. The first-order valence-corrected chi connectivity index (χ1v) is 9.40. The topological polar surface area (TPSA) is 84.5 Å². The van der Waals surface area contributed by atoms with E-state index in [2.05, 4.69) is 5.48 Å². The zero-order chi connectivity index (χ0) is 20.4. The zero-order valence-corrected chi connectivity index (χ0v) is 17.0. The zero-order valence-electron chi connectivity index (χ0n) is 17.0. The maximum absolute atomic E-state index is 11.8. The molecular formula is C20H29NO7. The molecule has 0 bridgehead atoms. The van der Waals surface area contributed by atoms with Crippen molar-refractivity contribution < 1.29 is 33.3 Å². The van der Waals surface area contributed by atoms with E-state index < -0.39 is 42.1 Å². The summed E-state index contributed by atoms with van der Waals surface area (Å²) in [5, 5.41) is 0. The van der Waals surface area contributed by atoms with Crippen LogP contribution in [0.15, 0.2) is 30.3 Å². The smallest absolute Gasteiger partial charge is 0.431 e. The number of rotatable bonds is 5. The second-order valence-corrected chi connectivity index (χ2v) is 8.32. The fraction of sp³-hybridized carbons (Fsp3) is 0.650. The number of benzene rings is 1. The second-order valence-electron chi connectivity index (χ2n) is 8.32. The van der Waals surface area contributed by atoms with Crippen molar-refractivity contribution in [2.75, 3.05) is 6.61 Å². The van der Waals surface area contributed by atoms with Crippen molar-refractivity contribution in [2.24, 2.45) is 0 Å². The molecule has 1 aromatic carbocycles. The molecule has 0 aromatic heterocycles. The number of carbonyl (C=O) groups excluding carboxylic acids is 1. The van der Waals surface area contributed by atoms with Crippen LogP contribution in [0.2, 0.25) is 0 Å². The summed E-state index contributed by atoms with van der Waals surface area (Å²) in [5.74, 6) is -0.815. The molecule has 0 spiro atoms. The minimum atomic E-state index is -0.815. The first-order valence-electron chi connectivity index (χ1n) is 9.40. The number of fused-ring (bicyclic) bond motifs is 1. The fourth-order valence-electron chi connectivity index (χ4n) is 3.11. The van der Waals surface area contributed by atoms with Crippen LogP contribution in [-0.2, 0) is 35.1 Å². The van der Waals surface area contributed by atoms with Crippen LogP contribution < -0.4 is 5.48 Å². The number of hydroxylamine groups is 1. The van der Waals surface area contributed by atoms with Gasteiger partial charge in [-0.2, -0.15) is 5.48 Å². The number of amides is 1. The average Bonchev–Trinajstić information content (AvgIpc) is 2.93. The molecule has 2 fully saturated rings. The first-order chi connectivity index (χ1) is 13.1. The van der Waals surface area contributed by atoms with E-state index in [9.17, 15) is 4.79 Å². The summed E-state index contributed by atoms with van der Waals surface area (Å²) in [5.41, 5.74) is 2.72. The Morgan fingerprint density at radius 2 is 1.86 bits per heavy atom. The summed E-state index contributed by atoms with van der Waals surface area (Å²) < 4.78 is 28.9. The van der Waals surface area contributed by atoms with E-state index in [4.69, 9.17) is 28.5 Å². The Labute approximate surface area is 165 Å². The predicted molar refractivity (Wildman–Crippen MR) is 99.0 cm³/mol. The molecule has 8 heteroatoms. The standard InChI is InChI=1S/C20H29NO7/c1-19(2,3)27-18(22)21-28-14-12-24-17(16-15(14)25-20(4,5)26-16)23-11-13-9-7-6-8-10-13/h6-10,14-17H,11-12H2,1-5H3,(H,21,22)/t14-,15-,16+,17+/m1/s1. The van der Waals surface area contributed by atoms with Crippen LogP contribution in [-0.4, -0.2) is 48.7 Å². The third-order valence-electron chi connectivity index (χ3n) is 4.17. The monoisotopic (exact) mass is 395 g/mol. The molecule has 2 saturated heterocycles. The van der Waals surface area contributed by atoms with Crippen LogP contribution in [0.4, 0.5) is 4.79 Å². The second kappa shape index (κ2) is 8.34. The minimum absolute atomic E-state index is 0.176. The first kappa shape index (κ1) is 21.0. The van der Waals surface area contributed by atoms with Crippen molar-refractivity contribution in [3.05, 3.63) is 35.9 Å². The van der Waals surface area contributed by atoms with E-state index in [1.807, 2.05) is 44.2 Å². The fourth-order valence-corrected chi connectivity index (χ4v) is 3.11. The molecule has 2 aliphatic rings. The molecule has 28 heavy (non-hydrogen) atoms. The summed E-state index contributed by atoms with van der Waals surface area (Å²) in [7, 11) is 0. The Kier molecular flexibility index (Phi) is 6.26. The van der Waals surface area contributed by atoms with Gasteiger partial charge in [0.2, 0.25) is 0 Å². The normalized spacial score (nSPS) is 29.2. The maximum Gasteiger partial charge on any atom is 0.431 e. The molecule has 1 aromatic rings. The third-order valence-corrected chi connectivity index (χ3v) is 4.17. The Morgan fingerprint density at radius 1 is 1.18 bits per heavy atom. The van der Waals surface area contributed by atoms with Gasteiger partial charge in [-0.05, 0) is 40.2 Å². The lowest BCUT2D eigenvalue weighted by Gasteiger charge is -2.36. The number of hydrogen-bond acceptors (Lipinski definition) is 7. The summed E-state index contributed by atoms with van der Waals surface area (Å²) >= 11 is 0. The van der Waals surface area contributed by atoms with Gasteiger partial charge in [0.15, 0.2) is 12.1 Å². The Morgan fingerprint density at radius 3 is 2.54 bits per heavy atom. The van der Waals surface area contributed by atoms with Crippen molar-refractivity contribution in [1.82, 2.24) is 5.48 Å². The van der Waals surface area contributed by atoms with Crippen molar-refractivity contribution in [2.45, 2.75) is 77.2 Å². The predicted octanol–water partition coefficient (Wildman–Crippen LogP) is 2.90. The van der Waals surface area contributed by atoms with Crippen LogP contribution in [0, 0.1) is 0 Å². The minimum Gasteiger partial charge on any atom is -0.442 e. The van der Waals surface area contributed by atoms with Crippen LogP contribution in [0.5, 0.6) is 0 Å². The van der Waals surface area contributed by atoms with Gasteiger partial charge < -0.3 is 23.7 Å². The lowest BCUT2D eigenvalue weighted by molar-refractivity contribution is -0.262. The molecule has 156 valence electrons. The van der Waals surface area contributed by atoms with Crippen molar-refractivity contribution in [1.29, 1.82) is 0 Å². The van der Waals surface area contributed by atoms with E-state index in [1.54, 1.807) is 20.8 Å². The van der Waals surface area contributed by atoms with Gasteiger partial charge in [0, 0.05) is 0 Å². The quantitative estimate of drug-likeness (QED) is 0.768. The highest BCUT2D eigenvalue weighted by molar-refractivity contribution is 5.66. The van der Waals surface area contributed by atoms with Gasteiger partial charge in [0.1, 0.15) is 23.9 Å². The molecule has 2 aliphatic heterocycles. The number of ether oxygens (including phenoxy) is 5. The van der Waals surface area contributed by atoms with Gasteiger partial charge in [0.25, 0.3) is 0 Å². The van der Waals surface area contributed by atoms with Gasteiger partial charge in [-0.15, -0.1) is 0 Å². The molecule has 3 rings (SSSR count).